The second kappa shape index (κ2) is 8.36. The highest BCUT2D eigenvalue weighted by Gasteiger charge is 2.27. The van der Waals surface area contributed by atoms with Crippen LogP contribution in [0, 0.1) is 0 Å². The molecule has 0 saturated carbocycles. The summed E-state index contributed by atoms with van der Waals surface area (Å²) in [7, 11) is 0. The number of hydrogen-bond acceptors (Lipinski definition) is 5. The lowest BCUT2D eigenvalue weighted by atomic mass is 10.1. The fourth-order valence-corrected chi connectivity index (χ4v) is 2.59. The molecule has 5 nitrogen and oxygen atoms in total. The Morgan fingerprint density at radius 2 is 1.96 bits per heavy atom. The third kappa shape index (κ3) is 4.44. The van der Waals surface area contributed by atoms with Gasteiger partial charge in [0.2, 0.25) is 5.78 Å². The van der Waals surface area contributed by atoms with Crippen LogP contribution in [0.4, 0.5) is 0 Å². The normalized spacial score (nSPS) is 13.8. The van der Waals surface area contributed by atoms with E-state index in [1.54, 1.807) is 24.3 Å². The third-order valence-corrected chi connectivity index (χ3v) is 4.05. The molecule has 0 N–H and O–H groups in total. The summed E-state index contributed by atoms with van der Waals surface area (Å²) in [5, 5.41) is 0. The fourth-order valence-electron chi connectivity index (χ4n) is 2.59. The van der Waals surface area contributed by atoms with E-state index in [9.17, 15) is 9.59 Å². The molecule has 0 atom stereocenters. The number of esters is 1. The van der Waals surface area contributed by atoms with Crippen molar-refractivity contribution in [1.82, 2.24) is 0 Å². The number of carbonyl (C=O) groups is 2. The molecule has 0 unspecified atom stereocenters. The molecular weight excluding hydrogens is 344 g/mol. The minimum atomic E-state index is -0.497. The van der Waals surface area contributed by atoms with Crippen molar-refractivity contribution in [1.29, 1.82) is 0 Å². The van der Waals surface area contributed by atoms with Crippen molar-refractivity contribution >= 4 is 17.8 Å². The molecule has 0 aliphatic carbocycles. The van der Waals surface area contributed by atoms with Crippen molar-refractivity contribution < 1.29 is 23.8 Å². The molecule has 1 aliphatic heterocycles. The van der Waals surface area contributed by atoms with Gasteiger partial charge in [-0.2, -0.15) is 0 Å². The second-order valence-electron chi connectivity index (χ2n) is 5.95. The van der Waals surface area contributed by atoms with Crippen LogP contribution < -0.4 is 9.47 Å². The monoisotopic (exact) mass is 364 g/mol. The molecule has 0 fully saturated rings. The number of rotatable bonds is 7. The maximum Gasteiger partial charge on any atom is 0.344 e. The highest BCUT2D eigenvalue weighted by molar-refractivity contribution is 6.14. The fraction of sp³-hybridized carbons (Fsp3) is 0.182. The van der Waals surface area contributed by atoms with Gasteiger partial charge in [-0.25, -0.2) is 4.79 Å². The highest BCUT2D eigenvalue weighted by atomic mass is 16.6. The maximum atomic E-state index is 12.5. The molecule has 0 radical (unpaired) electrons. The first-order valence-corrected chi connectivity index (χ1v) is 8.67. The van der Waals surface area contributed by atoms with Crippen molar-refractivity contribution in [2.45, 2.75) is 13.3 Å². The van der Waals surface area contributed by atoms with Crippen LogP contribution in [-0.4, -0.2) is 25.0 Å². The minimum Gasteiger partial charge on any atom is -0.482 e. The Hall–Kier alpha value is -3.34. The molecule has 0 bridgehead atoms. The van der Waals surface area contributed by atoms with E-state index in [0.717, 1.165) is 12.0 Å². The average Bonchev–Trinajstić information content (AvgIpc) is 3.00. The molecule has 0 aromatic heterocycles. The second-order valence-corrected chi connectivity index (χ2v) is 5.95. The first-order valence-electron chi connectivity index (χ1n) is 8.67. The lowest BCUT2D eigenvalue weighted by Crippen LogP contribution is -2.14. The topological polar surface area (TPSA) is 61.8 Å². The molecule has 2 aromatic carbocycles. The van der Waals surface area contributed by atoms with Gasteiger partial charge in [0.25, 0.3) is 0 Å². The Labute approximate surface area is 157 Å². The van der Waals surface area contributed by atoms with Crippen molar-refractivity contribution in [2.75, 3.05) is 13.2 Å². The van der Waals surface area contributed by atoms with E-state index < -0.39 is 5.97 Å². The predicted molar refractivity (Wildman–Crippen MR) is 102 cm³/mol. The number of aryl methyl sites for hydroxylation is 1. The van der Waals surface area contributed by atoms with Crippen molar-refractivity contribution in [3.63, 3.8) is 0 Å². The number of carbonyl (C=O) groups excluding carboxylic acids is 2. The zero-order valence-electron chi connectivity index (χ0n) is 15.1. The quantitative estimate of drug-likeness (QED) is 0.423. The molecule has 1 heterocycles. The molecule has 5 heteroatoms. The van der Waals surface area contributed by atoms with Gasteiger partial charge in [-0.1, -0.05) is 43.8 Å². The number of ether oxygens (including phenoxy) is 3. The molecule has 138 valence electrons. The maximum absolute atomic E-state index is 12.5. The summed E-state index contributed by atoms with van der Waals surface area (Å²) in [5.74, 6) is 0.417. The predicted octanol–water partition coefficient (Wildman–Crippen LogP) is 3.97. The van der Waals surface area contributed by atoms with Crippen LogP contribution in [0.5, 0.6) is 11.5 Å². The van der Waals surface area contributed by atoms with Crippen LogP contribution in [0.1, 0.15) is 28.4 Å². The van der Waals surface area contributed by atoms with Gasteiger partial charge in [0, 0.05) is 6.07 Å². The van der Waals surface area contributed by atoms with Gasteiger partial charge >= 0.3 is 5.97 Å². The van der Waals surface area contributed by atoms with Crippen LogP contribution in [-0.2, 0) is 16.0 Å². The van der Waals surface area contributed by atoms with Crippen LogP contribution in [0.15, 0.2) is 60.9 Å². The molecule has 0 amide bonds. The highest BCUT2D eigenvalue weighted by Crippen LogP contribution is 2.34. The standard InChI is InChI=1S/C22H20O5/c1-3-11-25-21(23)14-26-17-9-10-18-19(13-17)27-20(22(18)24)12-16-7-5-15(4-2)6-8-16/h3,5-10,12-13H,1,4,11,14H2,2H3/b20-12-. The lowest BCUT2D eigenvalue weighted by Gasteiger charge is -2.06. The molecule has 2 aromatic rings. The van der Waals surface area contributed by atoms with E-state index in [1.165, 1.54) is 11.6 Å². The van der Waals surface area contributed by atoms with Gasteiger partial charge in [-0.05, 0) is 35.8 Å². The van der Waals surface area contributed by atoms with E-state index in [2.05, 4.69) is 13.5 Å². The van der Waals surface area contributed by atoms with Gasteiger partial charge in [0.05, 0.1) is 5.56 Å². The Morgan fingerprint density at radius 1 is 1.19 bits per heavy atom. The summed E-state index contributed by atoms with van der Waals surface area (Å²) >= 11 is 0. The Balaban J connectivity index is 1.70. The summed E-state index contributed by atoms with van der Waals surface area (Å²) < 4.78 is 15.9. The summed E-state index contributed by atoms with van der Waals surface area (Å²) in [4.78, 5) is 24.0. The Morgan fingerprint density at radius 3 is 2.67 bits per heavy atom. The Kier molecular flexibility index (Phi) is 5.71. The number of allylic oxidation sites excluding steroid dienone is 1. The average molecular weight is 364 g/mol. The van der Waals surface area contributed by atoms with E-state index in [1.807, 2.05) is 24.3 Å². The summed E-state index contributed by atoms with van der Waals surface area (Å²) in [5.41, 5.74) is 2.59. The number of Topliss-reactive ketones (excluding diaryl/α,β-unsaturated/α-hetero) is 1. The molecule has 0 spiro atoms. The zero-order chi connectivity index (χ0) is 19.2. The van der Waals surface area contributed by atoms with Crippen LogP contribution in [0.3, 0.4) is 0 Å². The molecule has 1 aliphatic rings. The van der Waals surface area contributed by atoms with E-state index in [-0.39, 0.29) is 24.8 Å². The van der Waals surface area contributed by atoms with Gasteiger partial charge in [-0.15, -0.1) is 0 Å². The number of benzene rings is 2. The summed E-state index contributed by atoms with van der Waals surface area (Å²) in [6, 6.07) is 12.8. The van der Waals surface area contributed by atoms with E-state index in [4.69, 9.17) is 14.2 Å². The molecule has 0 saturated heterocycles. The van der Waals surface area contributed by atoms with Crippen LogP contribution in [0.25, 0.3) is 6.08 Å². The van der Waals surface area contributed by atoms with E-state index in [0.29, 0.717) is 17.1 Å². The number of hydrogen-bond donors (Lipinski definition) is 0. The summed E-state index contributed by atoms with van der Waals surface area (Å²) in [6.45, 7) is 5.47. The van der Waals surface area contributed by atoms with Crippen molar-refractivity contribution in [3.05, 3.63) is 77.6 Å². The molecule has 3 rings (SSSR count). The Bertz CT molecular complexity index is 893. The molecular formula is C22H20O5. The SMILES string of the molecule is C=CCOC(=O)COc1ccc2c(c1)O/C(=C\c1ccc(CC)cc1)C2=O. The van der Waals surface area contributed by atoms with Crippen molar-refractivity contribution in [3.8, 4) is 11.5 Å². The summed E-state index contributed by atoms with van der Waals surface area (Å²) in [6.07, 6.45) is 4.16. The van der Waals surface area contributed by atoms with Gasteiger partial charge < -0.3 is 14.2 Å². The van der Waals surface area contributed by atoms with Gasteiger partial charge in [0.15, 0.2) is 12.4 Å². The smallest absolute Gasteiger partial charge is 0.344 e. The molecule has 27 heavy (non-hydrogen) atoms. The first-order chi connectivity index (χ1) is 13.1. The minimum absolute atomic E-state index is 0.136. The largest absolute Gasteiger partial charge is 0.482 e. The van der Waals surface area contributed by atoms with Crippen LogP contribution in [0.2, 0.25) is 0 Å². The number of ketones is 1. The van der Waals surface area contributed by atoms with Crippen molar-refractivity contribution in [2.24, 2.45) is 0 Å². The van der Waals surface area contributed by atoms with Gasteiger partial charge in [0.1, 0.15) is 18.1 Å². The van der Waals surface area contributed by atoms with E-state index >= 15 is 0 Å². The number of fused-ring (bicyclic) bond motifs is 1. The first kappa shape index (κ1) is 18.5. The van der Waals surface area contributed by atoms with Crippen LogP contribution >= 0.6 is 0 Å². The third-order valence-electron chi connectivity index (χ3n) is 4.05. The lowest BCUT2D eigenvalue weighted by molar-refractivity contribution is -0.144. The van der Waals surface area contributed by atoms with Gasteiger partial charge in [-0.3, -0.25) is 4.79 Å². The zero-order valence-corrected chi connectivity index (χ0v) is 15.1.